The topological polar surface area (TPSA) is 96.8 Å². The summed E-state index contributed by atoms with van der Waals surface area (Å²) in [6.45, 7) is 1.60. The zero-order valence-electron chi connectivity index (χ0n) is 18.5. The zero-order chi connectivity index (χ0) is 25.3. The number of aromatic nitrogens is 1. The van der Waals surface area contributed by atoms with Crippen LogP contribution in [0.4, 0.5) is 5.13 Å². The second-order valence-corrected chi connectivity index (χ2v) is 9.32. The summed E-state index contributed by atoms with van der Waals surface area (Å²) in [6.07, 6.45) is 2.87. The molecule has 0 fully saturated rings. The summed E-state index contributed by atoms with van der Waals surface area (Å²) >= 11 is 13.2. The van der Waals surface area contributed by atoms with Crippen molar-refractivity contribution in [3.8, 4) is 0 Å². The van der Waals surface area contributed by atoms with Crippen LogP contribution >= 0.6 is 34.5 Å². The number of halogens is 2. The fraction of sp³-hybridized carbons (Fsp3) is 0.120. The molecule has 4 rings (SSSR count). The first-order valence-corrected chi connectivity index (χ1v) is 11.8. The van der Waals surface area contributed by atoms with Gasteiger partial charge in [-0.2, -0.15) is 0 Å². The zero-order valence-corrected chi connectivity index (χ0v) is 20.8. The lowest BCUT2D eigenvalue weighted by molar-refractivity contribution is -0.117. The molecule has 3 aromatic rings. The molecule has 2 aromatic carbocycles. The number of aliphatic hydroxyl groups is 1. The van der Waals surface area contributed by atoms with Crippen LogP contribution < -0.4 is 4.90 Å². The molecule has 0 bridgehead atoms. The van der Waals surface area contributed by atoms with Gasteiger partial charge in [0.25, 0.3) is 5.91 Å². The Morgan fingerprint density at radius 3 is 2.51 bits per heavy atom. The highest BCUT2D eigenvalue weighted by atomic mass is 35.5. The van der Waals surface area contributed by atoms with E-state index in [1.807, 2.05) is 30.3 Å². The fourth-order valence-corrected chi connectivity index (χ4v) is 4.96. The number of ketones is 1. The van der Waals surface area contributed by atoms with Crippen molar-refractivity contribution in [3.63, 3.8) is 0 Å². The van der Waals surface area contributed by atoms with Crippen LogP contribution in [0, 0.1) is 6.92 Å². The molecule has 0 radical (unpaired) electrons. The van der Waals surface area contributed by atoms with Gasteiger partial charge < -0.3 is 9.84 Å². The SMILES string of the molecule is COC(=O)c1sc(N2C(=O)C(O)=C(C(=O)C=Cc3ccccc3)C2c2ccc(Cl)c(Cl)c2)nc1C. The van der Waals surface area contributed by atoms with Crippen molar-refractivity contribution in [2.75, 3.05) is 12.0 Å². The van der Waals surface area contributed by atoms with Crippen LogP contribution in [0.2, 0.25) is 10.0 Å². The van der Waals surface area contributed by atoms with E-state index in [2.05, 4.69) is 4.98 Å². The summed E-state index contributed by atoms with van der Waals surface area (Å²) in [6, 6.07) is 12.7. The van der Waals surface area contributed by atoms with Crippen molar-refractivity contribution in [2.24, 2.45) is 0 Å². The van der Waals surface area contributed by atoms with Crippen molar-refractivity contribution in [1.29, 1.82) is 0 Å². The van der Waals surface area contributed by atoms with Crippen molar-refractivity contribution in [2.45, 2.75) is 13.0 Å². The molecule has 35 heavy (non-hydrogen) atoms. The van der Waals surface area contributed by atoms with E-state index in [0.29, 0.717) is 11.3 Å². The Balaban J connectivity index is 1.83. The first-order valence-electron chi connectivity index (χ1n) is 10.3. The van der Waals surface area contributed by atoms with Crippen molar-refractivity contribution < 1.29 is 24.2 Å². The quantitative estimate of drug-likeness (QED) is 0.324. The fourth-order valence-electron chi connectivity index (χ4n) is 3.65. The summed E-state index contributed by atoms with van der Waals surface area (Å²) < 4.78 is 4.79. The van der Waals surface area contributed by atoms with Gasteiger partial charge in [0.2, 0.25) is 0 Å². The average molecular weight is 529 g/mol. The monoisotopic (exact) mass is 528 g/mol. The predicted octanol–water partition coefficient (Wildman–Crippen LogP) is 5.73. The molecule has 7 nitrogen and oxygen atoms in total. The lowest BCUT2D eigenvalue weighted by Gasteiger charge is -2.24. The van der Waals surface area contributed by atoms with Gasteiger partial charge in [0.05, 0.1) is 34.5 Å². The molecule has 0 spiro atoms. The largest absolute Gasteiger partial charge is 0.503 e. The Kier molecular flexibility index (Phi) is 7.07. The van der Waals surface area contributed by atoms with Crippen LogP contribution in [0.15, 0.2) is 65.9 Å². The number of aliphatic hydroxyl groups excluding tert-OH is 1. The molecular weight excluding hydrogens is 511 g/mol. The number of nitrogens with zero attached hydrogens (tertiary/aromatic N) is 2. The number of amides is 1. The number of anilines is 1. The van der Waals surface area contributed by atoms with E-state index in [0.717, 1.165) is 16.9 Å². The molecule has 2 heterocycles. The number of methoxy groups -OCH3 is 1. The molecule has 178 valence electrons. The Morgan fingerprint density at radius 2 is 1.86 bits per heavy atom. The maximum Gasteiger partial charge on any atom is 0.350 e. The maximum absolute atomic E-state index is 13.3. The number of allylic oxidation sites excluding steroid dienone is 1. The van der Waals surface area contributed by atoms with Gasteiger partial charge in [-0.15, -0.1) is 0 Å². The maximum atomic E-state index is 13.3. The van der Waals surface area contributed by atoms with E-state index in [-0.39, 0.29) is 25.6 Å². The standard InChI is InChI=1S/C25H18Cl2N2O5S/c1-13-22(24(33)34-2)35-25(28-13)29-20(15-9-10-16(26)17(27)12-15)19(21(31)23(29)32)18(30)11-8-14-6-4-3-5-7-14/h3-12,20,31H,1-2H3. The number of benzene rings is 2. The van der Waals surface area contributed by atoms with Gasteiger partial charge in [-0.3, -0.25) is 14.5 Å². The van der Waals surface area contributed by atoms with Gasteiger partial charge in [0, 0.05) is 0 Å². The van der Waals surface area contributed by atoms with Crippen LogP contribution in [0.5, 0.6) is 0 Å². The summed E-state index contributed by atoms with van der Waals surface area (Å²) in [7, 11) is 1.24. The number of hydrogen-bond donors (Lipinski definition) is 1. The molecule has 1 amide bonds. The average Bonchev–Trinajstić information content (AvgIpc) is 3.36. The molecule has 1 aliphatic rings. The minimum Gasteiger partial charge on any atom is -0.503 e. The van der Waals surface area contributed by atoms with Crippen molar-refractivity contribution in [1.82, 2.24) is 4.98 Å². The second-order valence-electron chi connectivity index (χ2n) is 7.52. The molecular formula is C25H18Cl2N2O5S. The minimum atomic E-state index is -1.05. The lowest BCUT2D eigenvalue weighted by atomic mass is 9.96. The molecule has 10 heteroatoms. The molecule has 0 saturated heterocycles. The normalized spacial score (nSPS) is 15.8. The number of ether oxygens (including phenoxy) is 1. The van der Waals surface area contributed by atoms with E-state index in [4.69, 9.17) is 27.9 Å². The van der Waals surface area contributed by atoms with Gasteiger partial charge in [-0.05, 0) is 36.3 Å². The third-order valence-corrected chi connectivity index (χ3v) is 7.20. The Morgan fingerprint density at radius 1 is 1.14 bits per heavy atom. The molecule has 1 aromatic heterocycles. The highest BCUT2D eigenvalue weighted by molar-refractivity contribution is 7.17. The van der Waals surface area contributed by atoms with Gasteiger partial charge in [0.1, 0.15) is 4.88 Å². The van der Waals surface area contributed by atoms with Crippen LogP contribution in [0.3, 0.4) is 0 Å². The summed E-state index contributed by atoms with van der Waals surface area (Å²) in [4.78, 5) is 44.3. The molecule has 0 aliphatic carbocycles. The van der Waals surface area contributed by atoms with E-state index < -0.39 is 29.5 Å². The molecule has 1 atom stereocenters. The lowest BCUT2D eigenvalue weighted by Crippen LogP contribution is -2.30. The molecule has 1 N–H and O–H groups in total. The highest BCUT2D eigenvalue weighted by Gasteiger charge is 2.45. The number of carbonyl (C=O) groups is 3. The molecule has 0 saturated carbocycles. The summed E-state index contributed by atoms with van der Waals surface area (Å²) in [5.74, 6) is -2.72. The molecule has 1 unspecified atom stereocenters. The van der Waals surface area contributed by atoms with Gasteiger partial charge in [-0.1, -0.05) is 77.0 Å². The Labute approximate surface area is 214 Å². The number of carbonyl (C=O) groups excluding carboxylic acids is 3. The van der Waals surface area contributed by atoms with Gasteiger partial charge in [-0.25, -0.2) is 9.78 Å². The highest BCUT2D eigenvalue weighted by Crippen LogP contribution is 2.44. The van der Waals surface area contributed by atoms with Crippen LogP contribution in [0.1, 0.15) is 32.5 Å². The first-order chi connectivity index (χ1) is 16.7. The number of rotatable bonds is 6. The smallest absolute Gasteiger partial charge is 0.350 e. The third kappa shape index (κ3) is 4.73. The summed E-state index contributed by atoms with van der Waals surface area (Å²) in [5.41, 5.74) is 1.40. The van der Waals surface area contributed by atoms with E-state index in [9.17, 15) is 19.5 Å². The van der Waals surface area contributed by atoms with Gasteiger partial charge >= 0.3 is 5.97 Å². The number of esters is 1. The van der Waals surface area contributed by atoms with Crippen molar-refractivity contribution in [3.05, 3.63) is 97.7 Å². The minimum absolute atomic E-state index is 0.116. The van der Waals surface area contributed by atoms with E-state index in [1.165, 1.54) is 30.2 Å². The van der Waals surface area contributed by atoms with Gasteiger partial charge in [0.15, 0.2) is 16.7 Å². The number of aryl methyl sites for hydroxylation is 1. The predicted molar refractivity (Wildman–Crippen MR) is 135 cm³/mol. The summed E-state index contributed by atoms with van der Waals surface area (Å²) in [5, 5.41) is 11.4. The first kappa shape index (κ1) is 24.7. The number of thiazole rings is 1. The number of hydrogen-bond acceptors (Lipinski definition) is 7. The Bertz CT molecular complexity index is 1400. The van der Waals surface area contributed by atoms with Crippen LogP contribution in [0.25, 0.3) is 6.08 Å². The third-order valence-electron chi connectivity index (χ3n) is 5.32. The van der Waals surface area contributed by atoms with E-state index >= 15 is 0 Å². The van der Waals surface area contributed by atoms with E-state index in [1.54, 1.807) is 19.1 Å². The van der Waals surface area contributed by atoms with Crippen LogP contribution in [-0.4, -0.2) is 34.9 Å². The van der Waals surface area contributed by atoms with Crippen LogP contribution in [-0.2, 0) is 14.3 Å². The Hall–Kier alpha value is -3.46. The molecule has 1 aliphatic heterocycles. The second kappa shape index (κ2) is 10.0. The van der Waals surface area contributed by atoms with Crippen molar-refractivity contribution >= 4 is 63.4 Å².